The van der Waals surface area contributed by atoms with Gasteiger partial charge in [-0.15, -0.1) is 0 Å². The number of nitrogens with one attached hydrogen (secondary N) is 2. The van der Waals surface area contributed by atoms with Crippen LogP contribution in [0.4, 0.5) is 5.69 Å². The van der Waals surface area contributed by atoms with Crippen molar-refractivity contribution in [1.29, 1.82) is 0 Å². The molecule has 0 aliphatic heterocycles. The molecule has 0 aliphatic rings. The molecule has 0 saturated heterocycles. The van der Waals surface area contributed by atoms with E-state index in [9.17, 15) is 13.2 Å². The number of nitrogens with zero attached hydrogens (tertiary/aromatic N) is 2. The Balaban J connectivity index is 1.45. The normalized spacial score (nSPS) is 11.4. The maximum absolute atomic E-state index is 12.8. The van der Waals surface area contributed by atoms with E-state index in [0.717, 1.165) is 16.9 Å². The fourth-order valence-corrected chi connectivity index (χ4v) is 4.52. The smallest absolute Gasteiger partial charge is 0.261 e. The molecule has 4 aromatic rings. The number of carbonyl (C=O) groups is 1. The van der Waals surface area contributed by atoms with Gasteiger partial charge in [-0.2, -0.15) is 0 Å². The van der Waals surface area contributed by atoms with Gasteiger partial charge in [0.05, 0.1) is 10.6 Å². The fourth-order valence-electron chi connectivity index (χ4n) is 3.44. The molecule has 2 N–H and O–H groups in total. The van der Waals surface area contributed by atoms with E-state index in [1.165, 1.54) is 12.1 Å². The van der Waals surface area contributed by atoms with Gasteiger partial charge in [0.2, 0.25) is 0 Å². The number of sulfonamides is 1. The van der Waals surface area contributed by atoms with E-state index < -0.39 is 10.0 Å². The van der Waals surface area contributed by atoms with Crippen LogP contribution in [-0.2, 0) is 16.4 Å². The van der Waals surface area contributed by atoms with Crippen LogP contribution >= 0.6 is 0 Å². The van der Waals surface area contributed by atoms with Crippen molar-refractivity contribution in [1.82, 2.24) is 14.7 Å². The number of aryl methyl sites for hydroxylation is 2. The molecule has 8 heteroatoms. The number of aromatic nitrogens is 2. The van der Waals surface area contributed by atoms with Gasteiger partial charge in [0.1, 0.15) is 5.65 Å². The summed E-state index contributed by atoms with van der Waals surface area (Å²) in [7, 11) is -3.82. The monoisotopic (exact) mass is 448 g/mol. The molecule has 2 aromatic heterocycles. The molecule has 2 aromatic carbocycles. The molecule has 7 nitrogen and oxygen atoms in total. The second-order valence-corrected chi connectivity index (χ2v) is 9.34. The number of anilines is 1. The molecule has 0 fully saturated rings. The summed E-state index contributed by atoms with van der Waals surface area (Å²) in [5.41, 5.74) is 4.16. The van der Waals surface area contributed by atoms with E-state index in [4.69, 9.17) is 0 Å². The predicted octanol–water partition coefficient (Wildman–Crippen LogP) is 3.72. The van der Waals surface area contributed by atoms with Gasteiger partial charge >= 0.3 is 0 Å². The number of amides is 1. The first-order valence-electron chi connectivity index (χ1n) is 10.2. The molecule has 0 atom stereocenters. The number of carbonyl (C=O) groups excluding carboxylic acids is 1. The average Bonchev–Trinajstić information content (AvgIpc) is 3.16. The highest BCUT2D eigenvalue weighted by atomic mass is 32.2. The molecule has 32 heavy (non-hydrogen) atoms. The number of hydrogen-bond donors (Lipinski definition) is 2. The Morgan fingerprint density at radius 3 is 2.66 bits per heavy atom. The molecular weight excluding hydrogens is 424 g/mol. The summed E-state index contributed by atoms with van der Waals surface area (Å²) in [4.78, 5) is 17.3. The lowest BCUT2D eigenvalue weighted by Gasteiger charge is -2.12. The molecule has 0 spiro atoms. The number of rotatable bonds is 7. The number of pyridine rings is 1. The van der Waals surface area contributed by atoms with Gasteiger partial charge in [-0.25, -0.2) is 13.4 Å². The SMILES string of the molecule is Cc1cccc(NS(=O)(=O)c2ccc(C)c(C(=O)NCCc3cn4ccccc4n3)c2)c1. The Bertz CT molecular complexity index is 1360. The third-order valence-corrected chi connectivity index (χ3v) is 6.49. The van der Waals surface area contributed by atoms with Crippen LogP contribution in [0.5, 0.6) is 0 Å². The third kappa shape index (κ3) is 4.81. The van der Waals surface area contributed by atoms with Gasteiger partial charge in [-0.3, -0.25) is 9.52 Å². The second kappa shape index (κ2) is 8.84. The zero-order valence-electron chi connectivity index (χ0n) is 17.9. The average molecular weight is 449 g/mol. The zero-order valence-corrected chi connectivity index (χ0v) is 18.7. The van der Waals surface area contributed by atoms with Crippen LogP contribution in [0, 0.1) is 13.8 Å². The minimum absolute atomic E-state index is 0.0371. The van der Waals surface area contributed by atoms with Gasteiger partial charge in [-0.05, 0) is 61.4 Å². The van der Waals surface area contributed by atoms with Crippen LogP contribution < -0.4 is 10.0 Å². The molecule has 0 saturated carbocycles. The first-order valence-corrected chi connectivity index (χ1v) is 11.7. The minimum Gasteiger partial charge on any atom is -0.352 e. The van der Waals surface area contributed by atoms with E-state index in [2.05, 4.69) is 15.0 Å². The Kier molecular flexibility index (Phi) is 5.96. The molecule has 164 valence electrons. The van der Waals surface area contributed by atoms with Crippen molar-refractivity contribution in [2.45, 2.75) is 25.2 Å². The highest BCUT2D eigenvalue weighted by Gasteiger charge is 2.18. The van der Waals surface area contributed by atoms with Gasteiger partial charge in [-0.1, -0.05) is 24.3 Å². The summed E-state index contributed by atoms with van der Waals surface area (Å²) < 4.78 is 30.2. The number of imidazole rings is 1. The standard InChI is InChI=1S/C24H24N4O3S/c1-17-6-5-7-19(14-17)27-32(30,31)21-10-9-18(2)22(15-21)24(29)25-12-11-20-16-28-13-4-3-8-23(28)26-20/h3-10,13-16,27H,11-12H2,1-2H3,(H,25,29). The molecule has 2 heterocycles. The molecule has 4 rings (SSSR count). The van der Waals surface area contributed by atoms with Crippen LogP contribution in [0.3, 0.4) is 0 Å². The second-order valence-electron chi connectivity index (χ2n) is 7.66. The molecule has 0 aliphatic carbocycles. The van der Waals surface area contributed by atoms with Crippen molar-refractivity contribution in [2.75, 3.05) is 11.3 Å². The van der Waals surface area contributed by atoms with E-state index in [1.54, 1.807) is 31.2 Å². The predicted molar refractivity (Wildman–Crippen MR) is 124 cm³/mol. The van der Waals surface area contributed by atoms with Crippen LogP contribution in [-0.4, -0.2) is 30.3 Å². The van der Waals surface area contributed by atoms with Crippen LogP contribution in [0.1, 0.15) is 27.2 Å². The van der Waals surface area contributed by atoms with Gasteiger partial charge in [0, 0.05) is 36.6 Å². The lowest BCUT2D eigenvalue weighted by molar-refractivity contribution is 0.0953. The molecule has 1 amide bonds. The van der Waals surface area contributed by atoms with Crippen molar-refractivity contribution in [3.8, 4) is 0 Å². The number of hydrogen-bond acceptors (Lipinski definition) is 4. The lowest BCUT2D eigenvalue weighted by Crippen LogP contribution is -2.27. The van der Waals surface area contributed by atoms with E-state index in [-0.39, 0.29) is 10.8 Å². The fraction of sp³-hybridized carbons (Fsp3) is 0.167. The highest BCUT2D eigenvalue weighted by Crippen LogP contribution is 2.20. The molecule has 0 radical (unpaired) electrons. The van der Waals surface area contributed by atoms with Crippen molar-refractivity contribution >= 4 is 27.3 Å². The minimum atomic E-state index is -3.82. The molecular formula is C24H24N4O3S. The summed E-state index contributed by atoms with van der Waals surface area (Å²) in [6.45, 7) is 4.06. The summed E-state index contributed by atoms with van der Waals surface area (Å²) in [6, 6.07) is 17.4. The largest absolute Gasteiger partial charge is 0.352 e. The van der Waals surface area contributed by atoms with Crippen molar-refractivity contribution in [3.05, 3.63) is 95.4 Å². The zero-order chi connectivity index (χ0) is 22.7. The van der Waals surface area contributed by atoms with Crippen LogP contribution in [0.15, 0.2) is 78.0 Å². The van der Waals surface area contributed by atoms with Gasteiger partial charge in [0.25, 0.3) is 15.9 Å². The first kappa shape index (κ1) is 21.6. The quantitative estimate of drug-likeness (QED) is 0.451. The van der Waals surface area contributed by atoms with E-state index >= 15 is 0 Å². The summed E-state index contributed by atoms with van der Waals surface area (Å²) in [6.07, 6.45) is 4.42. The Morgan fingerprint density at radius 1 is 1.03 bits per heavy atom. The highest BCUT2D eigenvalue weighted by molar-refractivity contribution is 7.92. The lowest BCUT2D eigenvalue weighted by atomic mass is 10.1. The maximum atomic E-state index is 12.8. The van der Waals surface area contributed by atoms with E-state index in [1.807, 2.05) is 48.0 Å². The summed E-state index contributed by atoms with van der Waals surface area (Å²) >= 11 is 0. The third-order valence-electron chi connectivity index (χ3n) is 5.11. The summed E-state index contributed by atoms with van der Waals surface area (Å²) in [5, 5.41) is 2.87. The molecule has 0 unspecified atom stereocenters. The van der Waals surface area contributed by atoms with Crippen molar-refractivity contribution in [2.24, 2.45) is 0 Å². The Morgan fingerprint density at radius 2 is 1.88 bits per heavy atom. The first-order chi connectivity index (χ1) is 15.3. The van der Waals surface area contributed by atoms with Gasteiger partial charge < -0.3 is 9.72 Å². The Labute approximate surface area is 187 Å². The Hall–Kier alpha value is -3.65. The van der Waals surface area contributed by atoms with Crippen LogP contribution in [0.2, 0.25) is 0 Å². The molecule has 0 bridgehead atoms. The van der Waals surface area contributed by atoms with Crippen molar-refractivity contribution in [3.63, 3.8) is 0 Å². The van der Waals surface area contributed by atoms with E-state index in [0.29, 0.717) is 29.8 Å². The summed E-state index contributed by atoms with van der Waals surface area (Å²) in [5.74, 6) is -0.320. The van der Waals surface area contributed by atoms with Gasteiger partial charge in [0.15, 0.2) is 0 Å². The maximum Gasteiger partial charge on any atom is 0.261 e. The topological polar surface area (TPSA) is 92.6 Å². The number of benzene rings is 2. The number of fused-ring (bicyclic) bond motifs is 1. The van der Waals surface area contributed by atoms with Crippen LogP contribution in [0.25, 0.3) is 5.65 Å². The van der Waals surface area contributed by atoms with Crippen molar-refractivity contribution < 1.29 is 13.2 Å².